The number of nitrogen functional groups attached to an aromatic ring is 1. The van der Waals surface area contributed by atoms with Crippen molar-refractivity contribution < 1.29 is 4.74 Å². The number of aryl methyl sites for hydroxylation is 1. The molecule has 0 saturated heterocycles. The Morgan fingerprint density at radius 2 is 2.00 bits per heavy atom. The Labute approximate surface area is 114 Å². The molecule has 0 atom stereocenters. The number of nitrogens with two attached hydrogens (primary N) is 1. The molecule has 19 heavy (non-hydrogen) atoms. The first-order valence-corrected chi connectivity index (χ1v) is 6.42. The second-order valence-electron chi connectivity index (χ2n) is 5.07. The van der Waals surface area contributed by atoms with Gasteiger partial charge >= 0.3 is 0 Å². The molecule has 102 valence electrons. The quantitative estimate of drug-likeness (QED) is 0.921. The Morgan fingerprint density at radius 3 is 2.47 bits per heavy atom. The molecule has 0 fully saturated rings. The molecule has 0 aliphatic rings. The summed E-state index contributed by atoms with van der Waals surface area (Å²) in [5.74, 6) is 1.86. The molecule has 0 radical (unpaired) electrons. The largest absolute Gasteiger partial charge is 0.496 e. The second kappa shape index (κ2) is 4.96. The zero-order valence-corrected chi connectivity index (χ0v) is 12.2. The summed E-state index contributed by atoms with van der Waals surface area (Å²) in [4.78, 5) is 4.31. The molecule has 4 nitrogen and oxygen atoms in total. The minimum Gasteiger partial charge on any atom is -0.496 e. The molecule has 1 heterocycles. The minimum atomic E-state index is 0.404. The van der Waals surface area contributed by atoms with Crippen LogP contribution < -0.4 is 10.5 Å². The molecule has 2 N–H and O–H groups in total. The number of hydrogen-bond donors (Lipinski definition) is 1. The van der Waals surface area contributed by atoms with Gasteiger partial charge in [-0.05, 0) is 36.6 Å². The van der Waals surface area contributed by atoms with Crippen molar-refractivity contribution in [2.24, 2.45) is 7.05 Å². The highest BCUT2D eigenvalue weighted by Crippen LogP contribution is 2.33. The number of hydrogen-bond acceptors (Lipinski definition) is 3. The van der Waals surface area contributed by atoms with Crippen LogP contribution >= 0.6 is 0 Å². The van der Waals surface area contributed by atoms with Crippen molar-refractivity contribution in [1.29, 1.82) is 0 Å². The van der Waals surface area contributed by atoms with Crippen molar-refractivity contribution in [1.82, 2.24) is 9.55 Å². The molecular weight excluding hydrogens is 238 g/mol. The SMILES string of the molecule is COc1ccc(-c2c(C)nc(N)n2C)cc1C(C)C. The fourth-order valence-electron chi connectivity index (χ4n) is 2.39. The van der Waals surface area contributed by atoms with E-state index in [-0.39, 0.29) is 0 Å². The van der Waals surface area contributed by atoms with Gasteiger partial charge in [0.2, 0.25) is 5.95 Å². The first kappa shape index (κ1) is 13.5. The maximum absolute atomic E-state index is 5.86. The molecule has 0 spiro atoms. The van der Waals surface area contributed by atoms with E-state index in [2.05, 4.69) is 24.9 Å². The molecule has 0 bridgehead atoms. The first-order valence-electron chi connectivity index (χ1n) is 6.42. The van der Waals surface area contributed by atoms with E-state index < -0.39 is 0 Å². The number of ether oxygens (including phenoxy) is 1. The van der Waals surface area contributed by atoms with Crippen molar-refractivity contribution in [3.63, 3.8) is 0 Å². The van der Waals surface area contributed by atoms with Gasteiger partial charge in [0.05, 0.1) is 18.5 Å². The van der Waals surface area contributed by atoms with Crippen LogP contribution in [-0.2, 0) is 7.05 Å². The van der Waals surface area contributed by atoms with Crippen LogP contribution in [-0.4, -0.2) is 16.7 Å². The summed E-state index contributed by atoms with van der Waals surface area (Å²) in [5, 5.41) is 0. The van der Waals surface area contributed by atoms with Crippen molar-refractivity contribution >= 4 is 5.95 Å². The van der Waals surface area contributed by atoms with Crippen molar-refractivity contribution in [2.45, 2.75) is 26.7 Å². The highest BCUT2D eigenvalue weighted by molar-refractivity contribution is 5.67. The third-order valence-electron chi connectivity index (χ3n) is 3.43. The molecule has 0 unspecified atom stereocenters. The van der Waals surface area contributed by atoms with Crippen LogP contribution in [0.1, 0.15) is 31.0 Å². The number of nitrogens with zero attached hydrogens (tertiary/aromatic N) is 2. The summed E-state index contributed by atoms with van der Waals surface area (Å²) in [6.07, 6.45) is 0. The van der Waals surface area contributed by atoms with E-state index in [9.17, 15) is 0 Å². The summed E-state index contributed by atoms with van der Waals surface area (Å²) in [6, 6.07) is 6.22. The van der Waals surface area contributed by atoms with Crippen LogP contribution in [0.2, 0.25) is 0 Å². The molecule has 1 aromatic carbocycles. The average Bonchev–Trinajstić information content (AvgIpc) is 2.62. The number of rotatable bonds is 3. The predicted octanol–water partition coefficient (Wildman–Crippen LogP) is 3.11. The number of aromatic nitrogens is 2. The second-order valence-corrected chi connectivity index (χ2v) is 5.07. The minimum absolute atomic E-state index is 0.404. The normalized spacial score (nSPS) is 11.1. The molecule has 2 rings (SSSR count). The van der Waals surface area contributed by atoms with Crippen LogP contribution in [0.15, 0.2) is 18.2 Å². The Kier molecular flexibility index (Phi) is 3.51. The van der Waals surface area contributed by atoms with Crippen molar-refractivity contribution in [3.05, 3.63) is 29.5 Å². The number of anilines is 1. The summed E-state index contributed by atoms with van der Waals surface area (Å²) < 4.78 is 7.33. The Bertz CT molecular complexity index is 600. The predicted molar refractivity (Wildman–Crippen MR) is 78.4 cm³/mol. The van der Waals surface area contributed by atoms with E-state index >= 15 is 0 Å². The lowest BCUT2D eigenvalue weighted by Crippen LogP contribution is -2.00. The lowest BCUT2D eigenvalue weighted by atomic mass is 9.98. The highest BCUT2D eigenvalue weighted by Gasteiger charge is 2.14. The van der Waals surface area contributed by atoms with E-state index in [1.54, 1.807) is 7.11 Å². The number of imidazole rings is 1. The Balaban J connectivity index is 2.60. The van der Waals surface area contributed by atoms with E-state index in [4.69, 9.17) is 10.5 Å². The Hall–Kier alpha value is -1.97. The highest BCUT2D eigenvalue weighted by atomic mass is 16.5. The fourth-order valence-corrected chi connectivity index (χ4v) is 2.39. The van der Waals surface area contributed by atoms with Crippen molar-refractivity contribution in [3.8, 4) is 17.0 Å². The third kappa shape index (κ3) is 2.30. The van der Waals surface area contributed by atoms with Gasteiger partial charge in [-0.3, -0.25) is 0 Å². The molecule has 0 aliphatic carbocycles. The van der Waals surface area contributed by atoms with Gasteiger partial charge in [-0.2, -0.15) is 0 Å². The number of methoxy groups -OCH3 is 1. The maximum atomic E-state index is 5.86. The van der Waals surface area contributed by atoms with Gasteiger partial charge in [-0.1, -0.05) is 13.8 Å². The molecule has 2 aromatic rings. The fraction of sp³-hybridized carbons (Fsp3) is 0.400. The van der Waals surface area contributed by atoms with E-state index in [1.807, 2.05) is 30.7 Å². The summed E-state index contributed by atoms with van der Waals surface area (Å²) in [7, 11) is 3.64. The average molecular weight is 259 g/mol. The number of benzene rings is 1. The molecular formula is C15H21N3O. The van der Waals surface area contributed by atoms with Gasteiger partial charge in [0.15, 0.2) is 0 Å². The van der Waals surface area contributed by atoms with E-state index in [0.717, 1.165) is 22.7 Å². The van der Waals surface area contributed by atoms with Crippen LogP contribution in [0.25, 0.3) is 11.3 Å². The topological polar surface area (TPSA) is 53.1 Å². The van der Waals surface area contributed by atoms with E-state index in [1.165, 1.54) is 5.56 Å². The zero-order chi connectivity index (χ0) is 14.2. The molecule has 0 aliphatic heterocycles. The van der Waals surface area contributed by atoms with Gasteiger partial charge in [0, 0.05) is 12.6 Å². The van der Waals surface area contributed by atoms with Gasteiger partial charge in [-0.25, -0.2) is 4.98 Å². The van der Waals surface area contributed by atoms with Gasteiger partial charge in [-0.15, -0.1) is 0 Å². The van der Waals surface area contributed by atoms with Gasteiger partial charge < -0.3 is 15.0 Å². The lowest BCUT2D eigenvalue weighted by molar-refractivity contribution is 0.407. The van der Waals surface area contributed by atoms with Gasteiger partial charge in [0.25, 0.3) is 0 Å². The van der Waals surface area contributed by atoms with Crippen LogP contribution in [0.3, 0.4) is 0 Å². The standard InChI is InChI=1S/C15H21N3O/c1-9(2)12-8-11(6-7-13(12)19-5)14-10(3)17-15(16)18(14)4/h6-9H,1-5H3,(H2,16,17). The van der Waals surface area contributed by atoms with Crippen LogP contribution in [0.5, 0.6) is 5.75 Å². The van der Waals surface area contributed by atoms with Crippen LogP contribution in [0.4, 0.5) is 5.95 Å². The molecule has 0 amide bonds. The smallest absolute Gasteiger partial charge is 0.200 e. The zero-order valence-electron chi connectivity index (χ0n) is 12.2. The Morgan fingerprint density at radius 1 is 1.32 bits per heavy atom. The summed E-state index contributed by atoms with van der Waals surface area (Å²) in [6.45, 7) is 6.29. The first-order chi connectivity index (χ1) is 8.95. The van der Waals surface area contributed by atoms with E-state index in [0.29, 0.717) is 11.9 Å². The molecule has 4 heteroatoms. The third-order valence-corrected chi connectivity index (χ3v) is 3.43. The monoisotopic (exact) mass is 259 g/mol. The van der Waals surface area contributed by atoms with Crippen molar-refractivity contribution in [2.75, 3.05) is 12.8 Å². The van der Waals surface area contributed by atoms with Crippen LogP contribution in [0, 0.1) is 6.92 Å². The lowest BCUT2D eigenvalue weighted by Gasteiger charge is -2.14. The summed E-state index contributed by atoms with van der Waals surface area (Å²) in [5.41, 5.74) is 10.2. The molecule has 1 aromatic heterocycles. The summed E-state index contributed by atoms with van der Waals surface area (Å²) >= 11 is 0. The van der Waals surface area contributed by atoms with Gasteiger partial charge in [0.1, 0.15) is 5.75 Å². The molecule has 0 saturated carbocycles. The maximum Gasteiger partial charge on any atom is 0.200 e.